The van der Waals surface area contributed by atoms with Crippen LogP contribution >= 0.6 is 27.7 Å². The zero-order chi connectivity index (χ0) is 13.0. The summed E-state index contributed by atoms with van der Waals surface area (Å²) in [5.41, 5.74) is 7.32. The first-order valence-corrected chi connectivity index (χ1v) is 7.46. The molecule has 0 saturated carbocycles. The monoisotopic (exact) mass is 322 g/mol. The quantitative estimate of drug-likeness (QED) is 0.906. The summed E-state index contributed by atoms with van der Waals surface area (Å²) < 4.78 is 1.01. The molecule has 2 rings (SSSR count). The summed E-state index contributed by atoms with van der Waals surface area (Å²) in [6, 6.07) is 12.2. The van der Waals surface area contributed by atoms with Crippen molar-refractivity contribution in [1.82, 2.24) is 4.98 Å². The molecule has 0 aliphatic carbocycles. The molecular weight excluding hydrogens is 308 g/mol. The molecule has 1 aromatic heterocycles. The first-order valence-electron chi connectivity index (χ1n) is 5.85. The Morgan fingerprint density at radius 2 is 2.06 bits per heavy atom. The molecule has 1 heterocycles. The van der Waals surface area contributed by atoms with Gasteiger partial charge in [0, 0.05) is 17.1 Å². The Labute approximate surface area is 120 Å². The second kappa shape index (κ2) is 6.36. The van der Waals surface area contributed by atoms with Gasteiger partial charge in [-0.3, -0.25) is 0 Å². The van der Waals surface area contributed by atoms with Gasteiger partial charge < -0.3 is 5.73 Å². The van der Waals surface area contributed by atoms with Crippen molar-refractivity contribution in [2.75, 3.05) is 0 Å². The van der Waals surface area contributed by atoms with Crippen LogP contribution in [0.4, 0.5) is 0 Å². The van der Waals surface area contributed by atoms with Gasteiger partial charge in [0.25, 0.3) is 0 Å². The van der Waals surface area contributed by atoms with E-state index in [1.807, 2.05) is 24.3 Å². The lowest BCUT2D eigenvalue weighted by Crippen LogP contribution is -2.09. The van der Waals surface area contributed by atoms with E-state index >= 15 is 0 Å². The Kier molecular flexibility index (Phi) is 4.80. The number of rotatable bonds is 4. The molecule has 0 bridgehead atoms. The number of halogens is 1. The number of aromatic nitrogens is 1. The predicted molar refractivity (Wildman–Crippen MR) is 79.7 cm³/mol. The topological polar surface area (TPSA) is 38.9 Å². The van der Waals surface area contributed by atoms with Crippen LogP contribution in [-0.2, 0) is 0 Å². The Balaban J connectivity index is 2.32. The molecule has 0 aliphatic heterocycles. The number of hydrogen-bond acceptors (Lipinski definition) is 3. The van der Waals surface area contributed by atoms with Crippen LogP contribution in [-0.4, -0.2) is 4.98 Å². The summed E-state index contributed by atoms with van der Waals surface area (Å²) in [6.07, 6.45) is 2.73. The predicted octanol–water partition coefficient (Wildman–Crippen LogP) is 4.41. The van der Waals surface area contributed by atoms with Gasteiger partial charge in [0.15, 0.2) is 0 Å². The van der Waals surface area contributed by atoms with Gasteiger partial charge >= 0.3 is 0 Å². The van der Waals surface area contributed by atoms with Gasteiger partial charge in [0.2, 0.25) is 0 Å². The third-order valence-electron chi connectivity index (χ3n) is 2.69. The molecule has 0 amide bonds. The molecule has 94 valence electrons. The van der Waals surface area contributed by atoms with Crippen molar-refractivity contribution in [1.29, 1.82) is 0 Å². The van der Waals surface area contributed by atoms with E-state index in [9.17, 15) is 0 Å². The summed E-state index contributed by atoms with van der Waals surface area (Å²) >= 11 is 5.16. The van der Waals surface area contributed by atoms with Crippen molar-refractivity contribution in [3.05, 3.63) is 52.6 Å². The Bertz CT molecular complexity index is 531. The van der Waals surface area contributed by atoms with Crippen LogP contribution in [0.5, 0.6) is 0 Å². The van der Waals surface area contributed by atoms with E-state index in [0.29, 0.717) is 0 Å². The minimum absolute atomic E-state index is 0.0798. The Hall–Kier alpha value is -0.840. The van der Waals surface area contributed by atoms with Crippen molar-refractivity contribution in [3.8, 4) is 0 Å². The number of pyridine rings is 1. The molecule has 0 radical (unpaired) electrons. The zero-order valence-corrected chi connectivity index (χ0v) is 12.5. The van der Waals surface area contributed by atoms with Gasteiger partial charge in [-0.2, -0.15) is 0 Å². The van der Waals surface area contributed by atoms with Crippen molar-refractivity contribution in [3.63, 3.8) is 0 Å². The fraction of sp³-hybridized carbons (Fsp3) is 0.214. The molecule has 1 atom stereocenters. The van der Waals surface area contributed by atoms with E-state index in [2.05, 4.69) is 40.0 Å². The van der Waals surface area contributed by atoms with Crippen LogP contribution in [0.3, 0.4) is 0 Å². The van der Waals surface area contributed by atoms with Crippen molar-refractivity contribution in [2.24, 2.45) is 5.73 Å². The molecule has 2 aromatic rings. The van der Waals surface area contributed by atoms with Crippen LogP contribution < -0.4 is 5.73 Å². The van der Waals surface area contributed by atoms with Crippen LogP contribution in [0, 0.1) is 0 Å². The van der Waals surface area contributed by atoms with Crippen molar-refractivity contribution in [2.45, 2.75) is 29.3 Å². The molecule has 0 aliphatic rings. The number of benzene rings is 1. The van der Waals surface area contributed by atoms with Gasteiger partial charge in [-0.05, 0) is 46.1 Å². The van der Waals surface area contributed by atoms with Crippen LogP contribution in [0.25, 0.3) is 0 Å². The van der Waals surface area contributed by atoms with Gasteiger partial charge in [0.1, 0.15) is 5.03 Å². The summed E-state index contributed by atoms with van der Waals surface area (Å²) in [5, 5.41) is 0.966. The molecule has 4 heteroatoms. The molecular formula is C14H15BrN2S. The summed E-state index contributed by atoms with van der Waals surface area (Å²) in [5.74, 6) is 0. The molecule has 0 saturated heterocycles. The first kappa shape index (κ1) is 13.6. The summed E-state index contributed by atoms with van der Waals surface area (Å²) in [6.45, 7) is 2.10. The molecule has 0 fully saturated rings. The van der Waals surface area contributed by atoms with E-state index in [1.54, 1.807) is 18.0 Å². The Morgan fingerprint density at radius 1 is 1.28 bits per heavy atom. The molecule has 0 unspecified atom stereocenters. The third-order valence-corrected chi connectivity index (χ3v) is 4.70. The van der Waals surface area contributed by atoms with Gasteiger partial charge in [0.05, 0.1) is 4.47 Å². The Morgan fingerprint density at radius 3 is 2.78 bits per heavy atom. The fourth-order valence-corrected chi connectivity index (χ4v) is 3.12. The number of nitrogens with two attached hydrogens (primary N) is 1. The van der Waals surface area contributed by atoms with Crippen molar-refractivity contribution < 1.29 is 0 Å². The van der Waals surface area contributed by atoms with Gasteiger partial charge in [-0.1, -0.05) is 36.9 Å². The molecule has 0 spiro atoms. The van der Waals surface area contributed by atoms with Crippen molar-refractivity contribution >= 4 is 27.7 Å². The lowest BCUT2D eigenvalue weighted by molar-refractivity contribution is 0.685. The average molecular weight is 323 g/mol. The first-order chi connectivity index (χ1) is 8.72. The fourth-order valence-electron chi connectivity index (χ4n) is 1.65. The number of nitrogens with zero attached hydrogens (tertiary/aromatic N) is 1. The van der Waals surface area contributed by atoms with Crippen LogP contribution in [0.2, 0.25) is 0 Å². The molecule has 18 heavy (non-hydrogen) atoms. The van der Waals surface area contributed by atoms with E-state index in [4.69, 9.17) is 5.73 Å². The molecule has 2 nitrogen and oxygen atoms in total. The summed E-state index contributed by atoms with van der Waals surface area (Å²) in [7, 11) is 0. The maximum Gasteiger partial charge on any atom is 0.115 e. The van der Waals surface area contributed by atoms with E-state index in [1.165, 1.54) is 10.5 Å². The molecule has 2 N–H and O–H groups in total. The highest BCUT2D eigenvalue weighted by molar-refractivity contribution is 9.10. The maximum absolute atomic E-state index is 6.14. The lowest BCUT2D eigenvalue weighted by Gasteiger charge is -2.14. The summed E-state index contributed by atoms with van der Waals surface area (Å²) in [4.78, 5) is 5.55. The lowest BCUT2D eigenvalue weighted by atomic mass is 10.1. The SMILES string of the molecule is CC[C@H](N)c1ccccc1Sc1ncccc1Br. The van der Waals surface area contributed by atoms with Crippen LogP contribution in [0.15, 0.2) is 57.0 Å². The smallest absolute Gasteiger partial charge is 0.115 e. The average Bonchev–Trinajstić information content (AvgIpc) is 2.41. The van der Waals surface area contributed by atoms with Gasteiger partial charge in [-0.15, -0.1) is 0 Å². The zero-order valence-electron chi connectivity index (χ0n) is 10.1. The normalized spacial score (nSPS) is 12.4. The van der Waals surface area contributed by atoms with E-state index in [-0.39, 0.29) is 6.04 Å². The minimum Gasteiger partial charge on any atom is -0.324 e. The minimum atomic E-state index is 0.0798. The second-order valence-corrected chi connectivity index (χ2v) is 5.83. The van der Waals surface area contributed by atoms with E-state index < -0.39 is 0 Å². The highest BCUT2D eigenvalue weighted by atomic mass is 79.9. The largest absolute Gasteiger partial charge is 0.324 e. The number of hydrogen-bond donors (Lipinski definition) is 1. The third kappa shape index (κ3) is 3.13. The standard InChI is InChI=1S/C14H15BrN2S/c1-2-12(16)10-6-3-4-8-13(10)18-14-11(15)7-5-9-17-14/h3-9,12H,2,16H2,1H3/t12-/m0/s1. The molecule has 1 aromatic carbocycles. The highest BCUT2D eigenvalue weighted by Crippen LogP contribution is 2.35. The van der Waals surface area contributed by atoms with Crippen LogP contribution in [0.1, 0.15) is 24.9 Å². The maximum atomic E-state index is 6.14. The highest BCUT2D eigenvalue weighted by Gasteiger charge is 2.11. The van der Waals surface area contributed by atoms with Gasteiger partial charge in [-0.25, -0.2) is 4.98 Å². The second-order valence-electron chi connectivity index (χ2n) is 3.95. The van der Waals surface area contributed by atoms with E-state index in [0.717, 1.165) is 15.9 Å².